The Morgan fingerprint density at radius 2 is 2.10 bits per heavy atom. The van der Waals surface area contributed by atoms with Crippen molar-refractivity contribution in [1.29, 1.82) is 0 Å². The minimum atomic E-state index is -3.46. The lowest BCUT2D eigenvalue weighted by Gasteiger charge is -2.07. The van der Waals surface area contributed by atoms with E-state index in [2.05, 4.69) is 24.7 Å². The summed E-state index contributed by atoms with van der Waals surface area (Å²) in [5.74, 6) is 1.000. The monoisotopic (exact) mass is 313 g/mol. The topological polar surface area (TPSA) is 105 Å². The van der Waals surface area contributed by atoms with Crippen LogP contribution in [0.1, 0.15) is 9.84 Å². The number of aromatic nitrogens is 2. The smallest absolute Gasteiger partial charge is 0.321 e. The fourth-order valence-electron chi connectivity index (χ4n) is 1.91. The third-order valence-corrected chi connectivity index (χ3v) is 3.85. The molecule has 0 atom stereocenters. The lowest BCUT2D eigenvalue weighted by Crippen LogP contribution is -2.12. The Hall–Kier alpha value is -2.55. The van der Waals surface area contributed by atoms with Crippen LogP contribution in [0.3, 0.4) is 0 Å². The highest BCUT2D eigenvalue weighted by Crippen LogP contribution is 2.30. The number of nitrogens with zero attached hydrogens (tertiary/aromatic N) is 2. The van der Waals surface area contributed by atoms with Crippen LogP contribution in [0.25, 0.3) is 0 Å². The van der Waals surface area contributed by atoms with Crippen LogP contribution in [0.15, 0.2) is 30.6 Å². The van der Waals surface area contributed by atoms with E-state index < -0.39 is 10.2 Å². The van der Waals surface area contributed by atoms with Gasteiger partial charge in [0.25, 0.3) is 0 Å². The van der Waals surface area contributed by atoms with Crippen molar-refractivity contribution in [1.82, 2.24) is 9.97 Å². The predicted octanol–water partition coefficient (Wildman–Crippen LogP) is 1.92. The van der Waals surface area contributed by atoms with E-state index in [-0.39, 0.29) is 4.28 Å². The molecule has 0 fully saturated rings. The number of ether oxygens (including phenoxy) is 1. The average Bonchev–Trinajstić information content (AvgIpc) is 2.78. The van der Waals surface area contributed by atoms with Crippen LogP contribution in [-0.2, 0) is 16.8 Å². The first-order valence-electron chi connectivity index (χ1n) is 6.09. The van der Waals surface area contributed by atoms with Gasteiger partial charge in [0, 0.05) is 10.8 Å². The van der Waals surface area contributed by atoms with E-state index in [9.17, 15) is 8.42 Å². The van der Waals surface area contributed by atoms with Gasteiger partial charge < -0.3 is 10.1 Å². The Morgan fingerprint density at radius 1 is 1.29 bits per heavy atom. The minimum absolute atomic E-state index is 0. The quantitative estimate of drug-likeness (QED) is 0.796. The van der Waals surface area contributed by atoms with Crippen LogP contribution in [0, 0.1) is 0 Å². The van der Waals surface area contributed by atoms with E-state index in [1.165, 1.54) is 13.3 Å². The van der Waals surface area contributed by atoms with Crippen LogP contribution in [-0.4, -0.2) is 25.5 Å². The zero-order valence-electron chi connectivity index (χ0n) is 11.1. The van der Waals surface area contributed by atoms with Crippen molar-refractivity contribution < 1.29 is 17.4 Å². The highest BCUT2D eigenvalue weighted by atomic mass is 32.2. The molecule has 1 aromatic heterocycles. The zero-order chi connectivity index (χ0) is 14.9. The molecular weight excluding hydrogens is 294 g/mol. The maximum Gasteiger partial charge on any atom is 0.321 e. The highest BCUT2D eigenvalue weighted by Gasteiger charge is 2.21. The summed E-state index contributed by atoms with van der Waals surface area (Å²) >= 11 is 0. The van der Waals surface area contributed by atoms with Crippen LogP contribution < -0.4 is 19.5 Å². The van der Waals surface area contributed by atoms with Crippen molar-refractivity contribution in [3.63, 3.8) is 0 Å². The first-order valence-corrected chi connectivity index (χ1v) is 7.57. The van der Waals surface area contributed by atoms with Crippen LogP contribution in [0.4, 0.5) is 17.2 Å². The number of hydrogen-bond donors (Lipinski definition) is 3. The molecule has 0 spiro atoms. The number of rotatable bonds is 4. The van der Waals surface area contributed by atoms with Crippen molar-refractivity contribution in [2.24, 2.45) is 0 Å². The van der Waals surface area contributed by atoms with Crippen molar-refractivity contribution in [3.8, 4) is 5.88 Å². The van der Waals surface area contributed by atoms with Crippen LogP contribution >= 0.6 is 0 Å². The maximum absolute atomic E-state index is 11.4. The molecule has 2 aromatic rings. The second kappa shape index (κ2) is 5.09. The van der Waals surface area contributed by atoms with Gasteiger partial charge in [-0.1, -0.05) is 6.07 Å². The molecule has 1 aliphatic heterocycles. The molecule has 2 heterocycles. The van der Waals surface area contributed by atoms with Crippen molar-refractivity contribution in [2.75, 3.05) is 21.9 Å². The average molecular weight is 313 g/mol. The fourth-order valence-corrected chi connectivity index (χ4v) is 2.89. The van der Waals surface area contributed by atoms with Crippen molar-refractivity contribution in [3.05, 3.63) is 36.2 Å². The third kappa shape index (κ3) is 2.97. The van der Waals surface area contributed by atoms with Gasteiger partial charge in [-0.3, -0.25) is 14.4 Å². The summed E-state index contributed by atoms with van der Waals surface area (Å²) < 4.78 is 32.6. The van der Waals surface area contributed by atoms with Gasteiger partial charge >= 0.3 is 10.2 Å². The molecule has 1 aromatic carbocycles. The Kier molecular flexibility index (Phi) is 3.26. The Bertz CT molecular complexity index is 791. The largest absolute Gasteiger partial charge is 0.480 e. The first kappa shape index (κ1) is 13.4. The Morgan fingerprint density at radius 3 is 2.90 bits per heavy atom. The molecule has 3 rings (SSSR count). The van der Waals surface area contributed by atoms with Crippen molar-refractivity contribution >= 4 is 27.4 Å². The van der Waals surface area contributed by atoms with Gasteiger partial charge in [0.2, 0.25) is 5.88 Å². The molecule has 9 heteroatoms. The van der Waals surface area contributed by atoms with Gasteiger partial charge in [-0.15, -0.1) is 0 Å². The summed E-state index contributed by atoms with van der Waals surface area (Å²) in [5.41, 5.74) is 1.98. The molecule has 0 aliphatic carbocycles. The molecule has 0 bridgehead atoms. The zero-order valence-corrected chi connectivity index (χ0v) is 11.9. The summed E-state index contributed by atoms with van der Waals surface area (Å²) in [6.45, 7) is 0.483. The fraction of sp³-hybridized carbons (Fsp3) is 0.167. The molecule has 116 valence electrons. The van der Waals surface area contributed by atoms with Crippen LogP contribution in [0.2, 0.25) is 0 Å². The molecule has 3 N–H and O–H groups in total. The van der Waals surface area contributed by atoms with Gasteiger partial charge in [-0.2, -0.15) is 13.4 Å². The first-order chi connectivity index (χ1) is 10.1. The minimum Gasteiger partial charge on any atom is -0.480 e. The molecule has 0 saturated carbocycles. The molecule has 0 saturated heterocycles. The van der Waals surface area contributed by atoms with Gasteiger partial charge in [0.15, 0.2) is 0 Å². The van der Waals surface area contributed by atoms with Gasteiger partial charge in [-0.05, 0) is 17.7 Å². The normalized spacial score (nSPS) is 14.7. The third-order valence-electron chi connectivity index (χ3n) is 2.87. The summed E-state index contributed by atoms with van der Waals surface area (Å²) in [4.78, 5) is 8.18. The summed E-state index contributed by atoms with van der Waals surface area (Å²) in [6, 6.07) is 5.30. The molecule has 21 heavy (non-hydrogen) atoms. The molecule has 8 nitrogen and oxygen atoms in total. The number of nitrogens with one attached hydrogen (secondary N) is 3. The van der Waals surface area contributed by atoms with E-state index in [0.717, 1.165) is 5.56 Å². The molecule has 0 unspecified atom stereocenters. The molecule has 0 amide bonds. The second-order valence-electron chi connectivity index (χ2n) is 4.39. The highest BCUT2D eigenvalue weighted by molar-refractivity contribution is 7.94. The van der Waals surface area contributed by atoms with E-state index in [0.29, 0.717) is 29.6 Å². The van der Waals surface area contributed by atoms with E-state index in [1.807, 2.05) is 6.07 Å². The molecular formula is C12H19N5O3S. The van der Waals surface area contributed by atoms with E-state index in [4.69, 9.17) is 4.74 Å². The second-order valence-corrected chi connectivity index (χ2v) is 5.80. The molecule has 0 radical (unpaired) electrons. The lowest BCUT2D eigenvalue weighted by atomic mass is 10.2. The summed E-state index contributed by atoms with van der Waals surface area (Å²) in [7, 11) is -1.94. The standard InChI is InChI=1S/C12H13N5O3S.3H2/c1-20-12-7-13-6-11(15-12)14-5-8-2-3-9-10(4-8)17-21(18,19)16-9;;;/h2-4,6-7,16-17H,5H2,1H3,(H,14,15);3*1H. The number of methoxy groups -OCH3 is 1. The van der Waals surface area contributed by atoms with Gasteiger partial charge in [0.1, 0.15) is 5.82 Å². The summed E-state index contributed by atoms with van der Waals surface area (Å²) in [6.07, 6.45) is 3.10. The maximum atomic E-state index is 11.4. The van der Waals surface area contributed by atoms with Gasteiger partial charge in [0.05, 0.1) is 30.9 Å². The SMILES string of the molecule is COc1cncc(NCc2ccc3c(c2)NS(=O)(=O)N3)n1.[HH].[HH].[HH]. The van der Waals surface area contributed by atoms with Crippen molar-refractivity contribution in [2.45, 2.75) is 6.54 Å². The Labute approximate surface area is 126 Å². The van der Waals surface area contributed by atoms with Gasteiger partial charge in [-0.25, -0.2) is 0 Å². The predicted molar refractivity (Wildman–Crippen MR) is 84.9 cm³/mol. The number of anilines is 3. The Balaban J connectivity index is 0.00000176. The molecule has 1 aliphatic rings. The summed E-state index contributed by atoms with van der Waals surface area (Å²) in [5, 5.41) is 3.10. The van der Waals surface area contributed by atoms with E-state index in [1.54, 1.807) is 18.3 Å². The number of benzene rings is 1. The lowest BCUT2D eigenvalue weighted by molar-refractivity contribution is 0.396. The van der Waals surface area contributed by atoms with Crippen LogP contribution in [0.5, 0.6) is 5.88 Å². The number of fused-ring (bicyclic) bond motifs is 1. The van der Waals surface area contributed by atoms with E-state index >= 15 is 0 Å². The number of hydrogen-bond acceptors (Lipinski definition) is 6.